The SMILES string of the molecule is O=C(N[C@H]1CCO[C@H](CO)[C@H]1O)c1cnn2ccccc12. The van der Waals surface area contributed by atoms with Gasteiger partial charge < -0.3 is 20.3 Å². The number of aliphatic hydroxyl groups excluding tert-OH is 2. The minimum absolute atomic E-state index is 0.274. The highest BCUT2D eigenvalue weighted by molar-refractivity contribution is 6.00. The molecule has 7 nitrogen and oxygen atoms in total. The molecule has 0 unspecified atom stereocenters. The van der Waals surface area contributed by atoms with E-state index in [4.69, 9.17) is 9.84 Å². The van der Waals surface area contributed by atoms with Gasteiger partial charge in [0.2, 0.25) is 0 Å². The van der Waals surface area contributed by atoms with Crippen LogP contribution >= 0.6 is 0 Å². The molecular weight excluding hydrogens is 274 g/mol. The molecule has 1 fully saturated rings. The Kier molecular flexibility index (Phi) is 3.87. The maximum Gasteiger partial charge on any atom is 0.255 e. The Morgan fingerprint density at radius 1 is 1.52 bits per heavy atom. The molecule has 3 atom stereocenters. The van der Waals surface area contributed by atoms with Crippen LogP contribution in [-0.2, 0) is 4.74 Å². The molecule has 1 amide bonds. The molecule has 0 saturated carbocycles. The fourth-order valence-corrected chi connectivity index (χ4v) is 2.55. The summed E-state index contributed by atoms with van der Waals surface area (Å²) in [6, 6.07) is 5.02. The molecule has 0 radical (unpaired) electrons. The van der Waals surface area contributed by atoms with Crippen molar-refractivity contribution in [1.29, 1.82) is 0 Å². The Balaban J connectivity index is 1.77. The second kappa shape index (κ2) is 5.80. The van der Waals surface area contributed by atoms with Crippen molar-refractivity contribution >= 4 is 11.4 Å². The van der Waals surface area contributed by atoms with E-state index in [-0.39, 0.29) is 12.5 Å². The summed E-state index contributed by atoms with van der Waals surface area (Å²) in [7, 11) is 0. The molecule has 112 valence electrons. The average molecular weight is 291 g/mol. The second-order valence-corrected chi connectivity index (χ2v) is 5.04. The predicted molar refractivity (Wildman–Crippen MR) is 73.9 cm³/mol. The van der Waals surface area contributed by atoms with Crippen molar-refractivity contribution in [2.24, 2.45) is 0 Å². The number of hydrogen-bond donors (Lipinski definition) is 3. The number of fused-ring (bicyclic) bond motifs is 1. The molecule has 2 aromatic rings. The first-order valence-corrected chi connectivity index (χ1v) is 6.84. The number of rotatable bonds is 3. The number of pyridine rings is 1. The van der Waals surface area contributed by atoms with Crippen molar-refractivity contribution in [3.05, 3.63) is 36.2 Å². The zero-order valence-corrected chi connectivity index (χ0v) is 11.3. The fourth-order valence-electron chi connectivity index (χ4n) is 2.55. The highest BCUT2D eigenvalue weighted by Crippen LogP contribution is 2.16. The minimum atomic E-state index is -0.922. The lowest BCUT2D eigenvalue weighted by Crippen LogP contribution is -2.54. The second-order valence-electron chi connectivity index (χ2n) is 5.04. The quantitative estimate of drug-likeness (QED) is 0.713. The largest absolute Gasteiger partial charge is 0.394 e. The first-order chi connectivity index (χ1) is 10.2. The number of aliphatic hydroxyl groups is 2. The van der Waals surface area contributed by atoms with E-state index in [1.165, 1.54) is 6.20 Å². The van der Waals surface area contributed by atoms with E-state index in [9.17, 15) is 9.90 Å². The lowest BCUT2D eigenvalue weighted by atomic mass is 9.99. The maximum absolute atomic E-state index is 12.3. The smallest absolute Gasteiger partial charge is 0.255 e. The predicted octanol–water partition coefficient (Wildman–Crippen LogP) is -0.425. The molecule has 2 aromatic heterocycles. The summed E-state index contributed by atoms with van der Waals surface area (Å²) >= 11 is 0. The third kappa shape index (κ3) is 2.63. The van der Waals surface area contributed by atoms with Crippen molar-refractivity contribution in [2.45, 2.75) is 24.7 Å². The topological polar surface area (TPSA) is 96.1 Å². The maximum atomic E-state index is 12.3. The summed E-state index contributed by atoms with van der Waals surface area (Å²) in [5.41, 5.74) is 1.16. The van der Waals surface area contributed by atoms with E-state index in [0.29, 0.717) is 24.1 Å². The van der Waals surface area contributed by atoms with Gasteiger partial charge in [0.05, 0.1) is 29.9 Å². The lowest BCUT2D eigenvalue weighted by Gasteiger charge is -2.34. The highest BCUT2D eigenvalue weighted by atomic mass is 16.5. The van der Waals surface area contributed by atoms with Crippen molar-refractivity contribution in [2.75, 3.05) is 13.2 Å². The number of carbonyl (C=O) groups is 1. The molecule has 0 aliphatic carbocycles. The number of ether oxygens (including phenoxy) is 1. The molecule has 3 heterocycles. The molecule has 0 bridgehead atoms. The van der Waals surface area contributed by atoms with Crippen LogP contribution in [0, 0.1) is 0 Å². The van der Waals surface area contributed by atoms with Gasteiger partial charge in [-0.2, -0.15) is 5.10 Å². The van der Waals surface area contributed by atoms with Gasteiger partial charge in [0.15, 0.2) is 0 Å². The summed E-state index contributed by atoms with van der Waals surface area (Å²) in [6.45, 7) is 0.117. The van der Waals surface area contributed by atoms with E-state index in [2.05, 4.69) is 10.4 Å². The monoisotopic (exact) mass is 291 g/mol. The van der Waals surface area contributed by atoms with Crippen LogP contribution < -0.4 is 5.32 Å². The summed E-state index contributed by atoms with van der Waals surface area (Å²) in [4.78, 5) is 12.3. The minimum Gasteiger partial charge on any atom is -0.394 e. The van der Waals surface area contributed by atoms with Crippen molar-refractivity contribution in [1.82, 2.24) is 14.9 Å². The third-order valence-corrected chi connectivity index (χ3v) is 3.72. The molecular formula is C14H17N3O4. The molecule has 21 heavy (non-hydrogen) atoms. The third-order valence-electron chi connectivity index (χ3n) is 3.72. The zero-order chi connectivity index (χ0) is 14.8. The first-order valence-electron chi connectivity index (χ1n) is 6.84. The van der Waals surface area contributed by atoms with E-state index >= 15 is 0 Å². The van der Waals surface area contributed by atoms with Gasteiger partial charge >= 0.3 is 0 Å². The first kappa shape index (κ1) is 14.0. The van der Waals surface area contributed by atoms with Gasteiger partial charge in [0.1, 0.15) is 12.2 Å². The highest BCUT2D eigenvalue weighted by Gasteiger charge is 2.33. The van der Waals surface area contributed by atoms with Gasteiger partial charge in [-0.05, 0) is 18.6 Å². The van der Waals surface area contributed by atoms with Crippen molar-refractivity contribution in [3.8, 4) is 0 Å². The van der Waals surface area contributed by atoms with Crippen molar-refractivity contribution in [3.63, 3.8) is 0 Å². The lowest BCUT2D eigenvalue weighted by molar-refractivity contribution is -0.107. The Bertz CT molecular complexity index is 642. The fraction of sp³-hybridized carbons (Fsp3) is 0.429. The molecule has 1 aliphatic rings. The van der Waals surface area contributed by atoms with Gasteiger partial charge in [-0.15, -0.1) is 0 Å². The number of nitrogens with one attached hydrogen (secondary N) is 1. The Morgan fingerprint density at radius 3 is 3.19 bits per heavy atom. The van der Waals surface area contributed by atoms with Crippen LogP contribution in [0.25, 0.3) is 5.52 Å². The molecule has 0 aromatic carbocycles. The summed E-state index contributed by atoms with van der Waals surface area (Å²) < 4.78 is 6.86. The Morgan fingerprint density at radius 2 is 2.38 bits per heavy atom. The normalized spacial score (nSPS) is 25.9. The molecule has 1 aliphatic heterocycles. The van der Waals surface area contributed by atoms with E-state index in [1.54, 1.807) is 16.8 Å². The molecule has 3 rings (SSSR count). The zero-order valence-electron chi connectivity index (χ0n) is 11.3. The van der Waals surface area contributed by atoms with Crippen molar-refractivity contribution < 1.29 is 19.7 Å². The Hall–Kier alpha value is -1.96. The number of carbonyl (C=O) groups excluding carboxylic acids is 1. The van der Waals surface area contributed by atoms with Crippen LogP contribution in [0.2, 0.25) is 0 Å². The van der Waals surface area contributed by atoms with Crippen LogP contribution in [0.4, 0.5) is 0 Å². The molecule has 7 heteroatoms. The number of nitrogens with zero attached hydrogens (tertiary/aromatic N) is 2. The standard InChI is InChI=1S/C14H17N3O4/c18-8-12-13(19)10(4-6-21-12)16-14(20)9-7-15-17-5-2-1-3-11(9)17/h1-3,5,7,10,12-13,18-19H,4,6,8H2,(H,16,20)/t10-,12+,13-/m0/s1. The van der Waals surface area contributed by atoms with Gasteiger partial charge in [0.25, 0.3) is 5.91 Å². The van der Waals surface area contributed by atoms with E-state index < -0.39 is 18.2 Å². The van der Waals surface area contributed by atoms with E-state index in [0.717, 1.165) is 0 Å². The summed E-state index contributed by atoms with van der Waals surface area (Å²) in [5.74, 6) is -0.293. The van der Waals surface area contributed by atoms with Gasteiger partial charge in [-0.25, -0.2) is 4.52 Å². The number of aromatic nitrogens is 2. The van der Waals surface area contributed by atoms with Crippen LogP contribution in [0.15, 0.2) is 30.6 Å². The number of hydrogen-bond acceptors (Lipinski definition) is 5. The van der Waals surface area contributed by atoms with Crippen LogP contribution in [0.5, 0.6) is 0 Å². The van der Waals surface area contributed by atoms with Gasteiger partial charge in [0, 0.05) is 12.8 Å². The molecule has 1 saturated heterocycles. The Labute approximate surface area is 121 Å². The van der Waals surface area contributed by atoms with Crippen LogP contribution in [0.1, 0.15) is 16.8 Å². The van der Waals surface area contributed by atoms with Gasteiger partial charge in [-0.3, -0.25) is 4.79 Å². The van der Waals surface area contributed by atoms with Gasteiger partial charge in [-0.1, -0.05) is 6.07 Å². The van der Waals surface area contributed by atoms with Crippen LogP contribution in [-0.4, -0.2) is 57.2 Å². The van der Waals surface area contributed by atoms with E-state index in [1.807, 2.05) is 12.1 Å². The summed E-state index contributed by atoms with van der Waals surface area (Å²) in [5, 5.41) is 26.1. The average Bonchev–Trinajstić information content (AvgIpc) is 2.93. The summed E-state index contributed by atoms with van der Waals surface area (Å²) in [6.07, 6.45) is 2.18. The molecule has 0 spiro atoms. The van der Waals surface area contributed by atoms with Crippen LogP contribution in [0.3, 0.4) is 0 Å². The number of amides is 1. The molecule has 3 N–H and O–H groups in total.